The Bertz CT molecular complexity index is 348. The molecule has 0 aliphatic heterocycles. The maximum atomic E-state index is 12.9. The third kappa shape index (κ3) is 2.22. The summed E-state index contributed by atoms with van der Waals surface area (Å²) in [6, 6.07) is 1.23. The summed E-state index contributed by atoms with van der Waals surface area (Å²) in [7, 11) is 0. The maximum Gasteiger partial charge on any atom is 0.333 e. The van der Waals surface area contributed by atoms with Crippen LogP contribution in [-0.4, -0.2) is 9.94 Å². The Kier molecular flexibility index (Phi) is 3.49. The highest BCUT2D eigenvalue weighted by atomic mass is 79.9. The number of rotatable bonds is 2. The van der Waals surface area contributed by atoms with Gasteiger partial charge >= 0.3 is 4.83 Å². The van der Waals surface area contributed by atoms with Crippen molar-refractivity contribution in [2.75, 3.05) is 0 Å². The lowest BCUT2D eigenvalue weighted by molar-refractivity contribution is -0.108. The molecule has 0 fully saturated rings. The van der Waals surface area contributed by atoms with Crippen LogP contribution in [0.4, 0.5) is 8.78 Å². The lowest BCUT2D eigenvalue weighted by atomic mass is 10.0. The summed E-state index contributed by atoms with van der Waals surface area (Å²) in [5, 5.41) is 9.58. The van der Waals surface area contributed by atoms with E-state index >= 15 is 0 Å². The molecule has 1 atom stereocenters. The Morgan fingerprint density at radius 3 is 2.29 bits per heavy atom. The van der Waals surface area contributed by atoms with Gasteiger partial charge in [0, 0.05) is 5.56 Å². The van der Waals surface area contributed by atoms with Crippen LogP contribution in [0.2, 0.25) is 8.67 Å². The molecule has 0 amide bonds. The van der Waals surface area contributed by atoms with E-state index in [1.165, 1.54) is 6.07 Å². The van der Waals surface area contributed by atoms with Crippen LogP contribution in [0.3, 0.4) is 0 Å². The zero-order valence-electron chi connectivity index (χ0n) is 6.82. The number of halogens is 5. The van der Waals surface area contributed by atoms with Crippen molar-refractivity contribution in [1.82, 2.24) is 0 Å². The molecule has 1 heterocycles. The van der Waals surface area contributed by atoms with Crippen LogP contribution in [0, 0.1) is 0 Å². The van der Waals surface area contributed by atoms with Gasteiger partial charge in [0.2, 0.25) is 0 Å². The standard InChI is InChI=1S/C7H5BrCl2F2OS/c1-6(13,7(8,11)12)3-2-4(9)14-5(3)10/h2,13H,1H3. The first-order valence-corrected chi connectivity index (χ1v) is 5.77. The van der Waals surface area contributed by atoms with Gasteiger partial charge in [-0.15, -0.1) is 11.3 Å². The highest BCUT2D eigenvalue weighted by molar-refractivity contribution is 9.10. The molecule has 1 unspecified atom stereocenters. The van der Waals surface area contributed by atoms with Gasteiger partial charge < -0.3 is 5.11 Å². The summed E-state index contributed by atoms with van der Waals surface area (Å²) in [5.41, 5.74) is -2.47. The van der Waals surface area contributed by atoms with E-state index in [9.17, 15) is 13.9 Å². The van der Waals surface area contributed by atoms with Crippen LogP contribution in [0.25, 0.3) is 0 Å². The molecule has 80 valence electrons. The molecule has 0 saturated heterocycles. The predicted octanol–water partition coefficient (Wildman–Crippen LogP) is 4.25. The minimum absolute atomic E-state index is 0.0547. The fraction of sp³-hybridized carbons (Fsp3) is 0.429. The van der Waals surface area contributed by atoms with Crippen LogP contribution >= 0.6 is 50.5 Å². The van der Waals surface area contributed by atoms with Crippen LogP contribution in [-0.2, 0) is 5.60 Å². The summed E-state index contributed by atoms with van der Waals surface area (Å²) in [6.07, 6.45) is 0. The maximum absolute atomic E-state index is 12.9. The van der Waals surface area contributed by atoms with Crippen molar-refractivity contribution in [3.8, 4) is 0 Å². The van der Waals surface area contributed by atoms with Crippen molar-refractivity contribution >= 4 is 50.5 Å². The van der Waals surface area contributed by atoms with Gasteiger partial charge in [0.1, 0.15) is 4.34 Å². The van der Waals surface area contributed by atoms with Crippen molar-refractivity contribution < 1.29 is 13.9 Å². The van der Waals surface area contributed by atoms with E-state index < -0.39 is 10.4 Å². The molecule has 0 aliphatic rings. The molecule has 0 spiro atoms. The van der Waals surface area contributed by atoms with Crippen LogP contribution in [0.15, 0.2) is 6.07 Å². The largest absolute Gasteiger partial charge is 0.378 e. The summed E-state index contributed by atoms with van der Waals surface area (Å²) in [4.78, 5) is -3.46. The van der Waals surface area contributed by atoms with E-state index in [1.807, 2.05) is 0 Å². The van der Waals surface area contributed by atoms with Gasteiger partial charge in [-0.1, -0.05) is 23.2 Å². The molecule has 0 saturated carbocycles. The number of alkyl halides is 3. The lowest BCUT2D eigenvalue weighted by Crippen LogP contribution is -2.37. The predicted molar refractivity (Wildman–Crippen MR) is 57.8 cm³/mol. The van der Waals surface area contributed by atoms with E-state index in [0.717, 1.165) is 18.3 Å². The fourth-order valence-electron chi connectivity index (χ4n) is 0.825. The molecule has 0 aromatic carbocycles. The monoisotopic (exact) mass is 324 g/mol. The van der Waals surface area contributed by atoms with Crippen molar-refractivity contribution in [3.05, 3.63) is 20.3 Å². The van der Waals surface area contributed by atoms with Crippen LogP contribution < -0.4 is 0 Å². The minimum Gasteiger partial charge on any atom is -0.378 e. The zero-order chi connectivity index (χ0) is 11.1. The molecule has 0 radical (unpaired) electrons. The molecule has 0 bridgehead atoms. The van der Waals surface area contributed by atoms with Gasteiger partial charge in [-0.3, -0.25) is 0 Å². The molecule has 1 rings (SSSR count). The third-order valence-corrected chi connectivity index (χ3v) is 3.99. The van der Waals surface area contributed by atoms with Crippen LogP contribution in [0.5, 0.6) is 0 Å². The normalized spacial score (nSPS) is 16.8. The van der Waals surface area contributed by atoms with Crippen molar-refractivity contribution in [3.63, 3.8) is 0 Å². The molecular formula is C7H5BrCl2F2OS. The molecule has 7 heteroatoms. The van der Waals surface area contributed by atoms with E-state index in [4.69, 9.17) is 23.2 Å². The van der Waals surface area contributed by atoms with Gasteiger partial charge in [0.15, 0.2) is 5.60 Å². The van der Waals surface area contributed by atoms with Crippen LogP contribution in [0.1, 0.15) is 12.5 Å². The van der Waals surface area contributed by atoms with Gasteiger partial charge in [0.05, 0.1) is 4.34 Å². The Hall–Kier alpha value is 0.580. The molecule has 14 heavy (non-hydrogen) atoms. The third-order valence-electron chi connectivity index (χ3n) is 1.73. The highest BCUT2D eigenvalue weighted by Gasteiger charge is 2.49. The average molecular weight is 326 g/mol. The average Bonchev–Trinajstić information content (AvgIpc) is 2.27. The molecule has 1 nitrogen and oxygen atoms in total. The van der Waals surface area contributed by atoms with E-state index in [-0.39, 0.29) is 14.2 Å². The second-order valence-corrected chi connectivity index (χ2v) is 6.09. The van der Waals surface area contributed by atoms with Gasteiger partial charge in [-0.2, -0.15) is 8.78 Å². The molecular weight excluding hydrogens is 321 g/mol. The Labute approximate surface area is 102 Å². The van der Waals surface area contributed by atoms with E-state index in [2.05, 4.69) is 15.9 Å². The van der Waals surface area contributed by atoms with Crippen molar-refractivity contribution in [1.29, 1.82) is 0 Å². The first-order chi connectivity index (χ1) is 6.16. The second-order valence-electron chi connectivity index (χ2n) is 2.81. The number of hydrogen-bond acceptors (Lipinski definition) is 2. The summed E-state index contributed by atoms with van der Waals surface area (Å²) in [6.45, 7) is 0.964. The van der Waals surface area contributed by atoms with Crippen molar-refractivity contribution in [2.45, 2.75) is 17.4 Å². The Balaban J connectivity index is 3.22. The summed E-state index contributed by atoms with van der Waals surface area (Å²) in [5.74, 6) is 0. The fourth-order valence-corrected chi connectivity index (χ4v) is 2.70. The zero-order valence-corrected chi connectivity index (χ0v) is 10.7. The smallest absolute Gasteiger partial charge is 0.333 e. The van der Waals surface area contributed by atoms with E-state index in [0.29, 0.717) is 0 Å². The molecule has 0 aliphatic carbocycles. The number of aliphatic hydroxyl groups is 1. The summed E-state index contributed by atoms with van der Waals surface area (Å²) >= 11 is 14.3. The minimum atomic E-state index is -3.46. The van der Waals surface area contributed by atoms with E-state index in [1.54, 1.807) is 0 Å². The molecule has 1 aromatic heterocycles. The second kappa shape index (κ2) is 3.87. The van der Waals surface area contributed by atoms with Crippen molar-refractivity contribution in [2.24, 2.45) is 0 Å². The first-order valence-electron chi connectivity index (χ1n) is 3.40. The lowest BCUT2D eigenvalue weighted by Gasteiger charge is -2.27. The topological polar surface area (TPSA) is 20.2 Å². The Morgan fingerprint density at radius 2 is 2.00 bits per heavy atom. The quantitative estimate of drug-likeness (QED) is 0.806. The first kappa shape index (κ1) is 12.6. The van der Waals surface area contributed by atoms with Gasteiger partial charge in [0.25, 0.3) is 0 Å². The Morgan fingerprint density at radius 1 is 1.50 bits per heavy atom. The van der Waals surface area contributed by atoms with Gasteiger partial charge in [-0.05, 0) is 28.9 Å². The number of thiophene rings is 1. The molecule has 1 aromatic rings. The number of hydrogen-bond donors (Lipinski definition) is 1. The highest BCUT2D eigenvalue weighted by Crippen LogP contribution is 2.47. The molecule has 1 N–H and O–H groups in total. The summed E-state index contributed by atoms with van der Waals surface area (Å²) < 4.78 is 26.2. The SMILES string of the molecule is CC(O)(c1cc(Cl)sc1Cl)C(F)(F)Br. The van der Waals surface area contributed by atoms with Gasteiger partial charge in [-0.25, -0.2) is 0 Å².